The van der Waals surface area contributed by atoms with E-state index in [1.165, 1.54) is 4.40 Å². The van der Waals surface area contributed by atoms with Gasteiger partial charge in [0.2, 0.25) is 5.91 Å². The molecular weight excluding hydrogens is 272 g/mol. The van der Waals surface area contributed by atoms with Crippen molar-refractivity contribution in [3.05, 3.63) is 34.9 Å². The topological polar surface area (TPSA) is 88.6 Å². The van der Waals surface area contributed by atoms with E-state index in [0.717, 1.165) is 4.68 Å². The van der Waals surface area contributed by atoms with E-state index in [2.05, 4.69) is 10.4 Å². The molecule has 2 unspecified atom stereocenters. The molecule has 2 atom stereocenters. The smallest absolute Gasteiger partial charge is 0.350 e. The zero-order valence-corrected chi connectivity index (χ0v) is 12.0. The molecule has 2 N–H and O–H groups in total. The molecule has 0 aromatic carbocycles. The van der Waals surface area contributed by atoms with Crippen LogP contribution < -0.4 is 11.0 Å². The zero-order chi connectivity index (χ0) is 15.2. The standard InChI is InChI=1S/C14H18N4O3/c1-14(2)9(7-10(14)19)15-12(20)8-18-13(21)17-6-4-3-5-11(17)16-18/h3-6,9-10,19H,7-8H2,1-2H3,(H,15,20). The SMILES string of the molecule is CC1(C)C(O)CC1NC(=O)Cn1nc2ccccn2c1=O. The van der Waals surface area contributed by atoms with Crippen molar-refractivity contribution in [1.82, 2.24) is 19.5 Å². The lowest BCUT2D eigenvalue weighted by Crippen LogP contribution is -2.61. The molecule has 112 valence electrons. The molecule has 0 saturated heterocycles. The minimum Gasteiger partial charge on any atom is -0.392 e. The number of pyridine rings is 1. The molecule has 2 aromatic heterocycles. The summed E-state index contributed by atoms with van der Waals surface area (Å²) in [6, 6.07) is 5.15. The third-order valence-electron chi connectivity index (χ3n) is 4.33. The van der Waals surface area contributed by atoms with E-state index in [1.54, 1.807) is 24.4 Å². The fourth-order valence-corrected chi connectivity index (χ4v) is 2.59. The van der Waals surface area contributed by atoms with Crippen LogP contribution in [0.4, 0.5) is 0 Å². The summed E-state index contributed by atoms with van der Waals surface area (Å²) in [5, 5.41) is 16.6. The minimum atomic E-state index is -0.402. The molecule has 1 aliphatic rings. The van der Waals surface area contributed by atoms with E-state index in [4.69, 9.17) is 0 Å². The highest BCUT2D eigenvalue weighted by atomic mass is 16.3. The number of carbonyl (C=O) groups excluding carboxylic acids is 1. The number of aliphatic hydroxyl groups excluding tert-OH is 1. The van der Waals surface area contributed by atoms with E-state index < -0.39 is 6.10 Å². The van der Waals surface area contributed by atoms with Crippen molar-refractivity contribution in [2.24, 2.45) is 5.41 Å². The molecule has 0 bridgehead atoms. The number of nitrogens with zero attached hydrogens (tertiary/aromatic N) is 3. The fourth-order valence-electron chi connectivity index (χ4n) is 2.59. The Morgan fingerprint density at radius 3 is 2.90 bits per heavy atom. The van der Waals surface area contributed by atoms with Crippen molar-refractivity contribution in [2.75, 3.05) is 0 Å². The van der Waals surface area contributed by atoms with Gasteiger partial charge in [0.25, 0.3) is 0 Å². The van der Waals surface area contributed by atoms with Gasteiger partial charge in [-0.1, -0.05) is 19.9 Å². The quantitative estimate of drug-likeness (QED) is 0.817. The number of aliphatic hydroxyl groups is 1. The molecule has 1 fully saturated rings. The second kappa shape index (κ2) is 4.70. The van der Waals surface area contributed by atoms with Gasteiger partial charge in [0.1, 0.15) is 6.54 Å². The molecule has 21 heavy (non-hydrogen) atoms. The molecule has 1 aliphatic carbocycles. The first-order chi connectivity index (χ1) is 9.89. The summed E-state index contributed by atoms with van der Waals surface area (Å²) < 4.78 is 2.54. The fraction of sp³-hybridized carbons (Fsp3) is 0.500. The molecule has 1 amide bonds. The first-order valence-electron chi connectivity index (χ1n) is 6.91. The predicted molar refractivity (Wildman–Crippen MR) is 75.8 cm³/mol. The van der Waals surface area contributed by atoms with Crippen LogP contribution in [0.1, 0.15) is 20.3 Å². The molecular formula is C14H18N4O3. The second-order valence-corrected chi connectivity index (χ2v) is 6.06. The second-order valence-electron chi connectivity index (χ2n) is 6.06. The molecule has 0 spiro atoms. The molecule has 1 saturated carbocycles. The predicted octanol–water partition coefficient (Wildman–Crippen LogP) is -0.228. The summed E-state index contributed by atoms with van der Waals surface area (Å²) in [5.41, 5.74) is -0.164. The van der Waals surface area contributed by atoms with Crippen LogP contribution in [0, 0.1) is 5.41 Å². The number of hydrogen-bond donors (Lipinski definition) is 2. The first-order valence-corrected chi connectivity index (χ1v) is 6.91. The molecule has 7 nitrogen and oxygen atoms in total. The summed E-state index contributed by atoms with van der Waals surface area (Å²) >= 11 is 0. The highest BCUT2D eigenvalue weighted by Crippen LogP contribution is 2.40. The number of carbonyl (C=O) groups is 1. The maximum absolute atomic E-state index is 12.1. The number of amides is 1. The van der Waals surface area contributed by atoms with Gasteiger partial charge in [0, 0.05) is 17.7 Å². The number of hydrogen-bond acceptors (Lipinski definition) is 4. The van der Waals surface area contributed by atoms with Gasteiger partial charge in [0.15, 0.2) is 5.65 Å². The summed E-state index contributed by atoms with van der Waals surface area (Å²) in [7, 11) is 0. The van der Waals surface area contributed by atoms with Gasteiger partial charge in [-0.25, -0.2) is 9.48 Å². The van der Waals surface area contributed by atoms with E-state index >= 15 is 0 Å². The van der Waals surface area contributed by atoms with Crippen molar-refractivity contribution < 1.29 is 9.90 Å². The van der Waals surface area contributed by atoms with Crippen LogP contribution in [-0.4, -0.2) is 37.3 Å². The molecule has 0 aliphatic heterocycles. The number of aromatic nitrogens is 3. The van der Waals surface area contributed by atoms with Crippen molar-refractivity contribution in [3.63, 3.8) is 0 Å². The lowest BCUT2D eigenvalue weighted by molar-refractivity contribution is -0.130. The van der Waals surface area contributed by atoms with Gasteiger partial charge in [0.05, 0.1) is 6.10 Å². The van der Waals surface area contributed by atoms with E-state index in [1.807, 2.05) is 13.8 Å². The van der Waals surface area contributed by atoms with E-state index in [9.17, 15) is 14.7 Å². The highest BCUT2D eigenvalue weighted by Gasteiger charge is 2.47. The van der Waals surface area contributed by atoms with Gasteiger partial charge < -0.3 is 10.4 Å². The summed E-state index contributed by atoms with van der Waals surface area (Å²) in [5.74, 6) is -0.273. The van der Waals surface area contributed by atoms with Gasteiger partial charge in [-0.3, -0.25) is 9.20 Å². The van der Waals surface area contributed by atoms with Crippen LogP contribution in [0.15, 0.2) is 29.2 Å². The number of fused-ring (bicyclic) bond motifs is 1. The van der Waals surface area contributed by atoms with Crippen molar-refractivity contribution in [2.45, 2.75) is 39.0 Å². The highest BCUT2D eigenvalue weighted by molar-refractivity contribution is 5.76. The third kappa shape index (κ3) is 2.23. The Morgan fingerprint density at radius 2 is 2.29 bits per heavy atom. The van der Waals surface area contributed by atoms with E-state index in [0.29, 0.717) is 12.1 Å². The van der Waals surface area contributed by atoms with Crippen LogP contribution in [0.25, 0.3) is 5.65 Å². The Kier molecular flexibility index (Phi) is 3.09. The van der Waals surface area contributed by atoms with Crippen LogP contribution in [0.3, 0.4) is 0 Å². The average molecular weight is 290 g/mol. The number of nitrogens with one attached hydrogen (secondary N) is 1. The van der Waals surface area contributed by atoms with Crippen LogP contribution in [0.2, 0.25) is 0 Å². The molecule has 7 heteroatoms. The molecule has 3 rings (SSSR count). The molecule has 2 aromatic rings. The van der Waals surface area contributed by atoms with Crippen molar-refractivity contribution in [1.29, 1.82) is 0 Å². The Bertz CT molecular complexity index is 746. The van der Waals surface area contributed by atoms with Gasteiger partial charge >= 0.3 is 5.69 Å². The average Bonchev–Trinajstić information content (AvgIpc) is 2.76. The van der Waals surface area contributed by atoms with Crippen LogP contribution in [-0.2, 0) is 11.3 Å². The van der Waals surface area contributed by atoms with Crippen molar-refractivity contribution in [3.8, 4) is 0 Å². The first kappa shape index (κ1) is 13.8. The van der Waals surface area contributed by atoms with Gasteiger partial charge in [-0.05, 0) is 18.6 Å². The summed E-state index contributed by atoms with van der Waals surface area (Å²) in [4.78, 5) is 24.1. The maximum atomic E-state index is 12.1. The lowest BCUT2D eigenvalue weighted by atomic mass is 9.64. The zero-order valence-electron chi connectivity index (χ0n) is 12.0. The molecule has 0 radical (unpaired) electrons. The minimum absolute atomic E-state index is 0.0762. The summed E-state index contributed by atoms with van der Waals surface area (Å²) in [6.07, 6.45) is 1.75. The van der Waals surface area contributed by atoms with Gasteiger partial charge in [-0.2, -0.15) is 0 Å². The number of rotatable bonds is 3. The van der Waals surface area contributed by atoms with Crippen LogP contribution >= 0.6 is 0 Å². The summed E-state index contributed by atoms with van der Waals surface area (Å²) in [6.45, 7) is 3.69. The maximum Gasteiger partial charge on any atom is 0.350 e. The molecule has 2 heterocycles. The Morgan fingerprint density at radius 1 is 1.52 bits per heavy atom. The Labute approximate surface area is 121 Å². The Hall–Kier alpha value is -2.15. The lowest BCUT2D eigenvalue weighted by Gasteiger charge is -2.49. The Balaban J connectivity index is 1.73. The third-order valence-corrected chi connectivity index (χ3v) is 4.33. The monoisotopic (exact) mass is 290 g/mol. The van der Waals surface area contributed by atoms with Crippen LogP contribution in [0.5, 0.6) is 0 Å². The largest absolute Gasteiger partial charge is 0.392 e. The normalized spacial score (nSPS) is 23.8. The van der Waals surface area contributed by atoms with Gasteiger partial charge in [-0.15, -0.1) is 5.10 Å². The van der Waals surface area contributed by atoms with E-state index in [-0.39, 0.29) is 29.6 Å². The van der Waals surface area contributed by atoms with Crippen molar-refractivity contribution >= 4 is 11.6 Å².